The SMILES string of the molecule is O=C(c1ccc(N2CCCCC2=O)cc1)N1CCC(c2ccc(F)cc2)CC1. The Labute approximate surface area is 164 Å². The molecule has 2 aromatic carbocycles. The molecule has 0 radical (unpaired) electrons. The Hall–Kier alpha value is -2.69. The smallest absolute Gasteiger partial charge is 0.253 e. The van der Waals surface area contributed by atoms with E-state index in [0.717, 1.165) is 43.5 Å². The first-order valence-corrected chi connectivity index (χ1v) is 10.1. The minimum atomic E-state index is -0.217. The van der Waals surface area contributed by atoms with Crippen LogP contribution in [0.2, 0.25) is 0 Å². The Balaban J connectivity index is 1.37. The zero-order valence-electron chi connectivity index (χ0n) is 15.9. The van der Waals surface area contributed by atoms with Crippen molar-refractivity contribution in [2.45, 2.75) is 38.0 Å². The van der Waals surface area contributed by atoms with Crippen LogP contribution in [0, 0.1) is 5.82 Å². The number of amides is 2. The number of hydrogen-bond acceptors (Lipinski definition) is 2. The van der Waals surface area contributed by atoms with Gasteiger partial charge in [0.25, 0.3) is 5.91 Å². The molecule has 0 N–H and O–H groups in total. The normalized spacial score (nSPS) is 18.4. The van der Waals surface area contributed by atoms with E-state index in [1.54, 1.807) is 0 Å². The van der Waals surface area contributed by atoms with Gasteiger partial charge in [-0.25, -0.2) is 4.39 Å². The molecule has 2 aliphatic rings. The third-order valence-electron chi connectivity index (χ3n) is 5.87. The van der Waals surface area contributed by atoms with E-state index in [1.165, 1.54) is 12.1 Å². The van der Waals surface area contributed by atoms with Crippen molar-refractivity contribution < 1.29 is 14.0 Å². The van der Waals surface area contributed by atoms with Crippen LogP contribution in [0.25, 0.3) is 0 Å². The number of benzene rings is 2. The fourth-order valence-electron chi connectivity index (χ4n) is 4.20. The van der Waals surface area contributed by atoms with Gasteiger partial charge in [0.05, 0.1) is 0 Å². The molecule has 0 bridgehead atoms. The summed E-state index contributed by atoms with van der Waals surface area (Å²) in [6.07, 6.45) is 4.36. The van der Waals surface area contributed by atoms with E-state index in [1.807, 2.05) is 46.2 Å². The molecule has 2 saturated heterocycles. The number of halogens is 1. The molecule has 2 amide bonds. The zero-order valence-corrected chi connectivity index (χ0v) is 15.9. The maximum Gasteiger partial charge on any atom is 0.253 e. The molecule has 146 valence electrons. The van der Waals surface area contributed by atoms with Gasteiger partial charge in [-0.3, -0.25) is 9.59 Å². The predicted octanol–water partition coefficient (Wildman–Crippen LogP) is 4.36. The number of carbonyl (C=O) groups excluding carboxylic acids is 2. The molecule has 2 aromatic rings. The molecule has 28 heavy (non-hydrogen) atoms. The molecule has 2 fully saturated rings. The third kappa shape index (κ3) is 3.93. The fraction of sp³-hybridized carbons (Fsp3) is 0.391. The van der Waals surface area contributed by atoms with E-state index in [0.29, 0.717) is 31.0 Å². The fourth-order valence-corrected chi connectivity index (χ4v) is 4.20. The van der Waals surface area contributed by atoms with Crippen LogP contribution < -0.4 is 4.90 Å². The van der Waals surface area contributed by atoms with Gasteiger partial charge in [-0.05, 0) is 73.6 Å². The maximum absolute atomic E-state index is 13.1. The molecule has 0 atom stereocenters. The highest BCUT2D eigenvalue weighted by Crippen LogP contribution is 2.29. The van der Waals surface area contributed by atoms with E-state index in [4.69, 9.17) is 0 Å². The second-order valence-electron chi connectivity index (χ2n) is 7.67. The molecular formula is C23H25FN2O2. The molecule has 4 nitrogen and oxygen atoms in total. The van der Waals surface area contributed by atoms with Crippen LogP contribution in [0.5, 0.6) is 0 Å². The van der Waals surface area contributed by atoms with Crippen LogP contribution >= 0.6 is 0 Å². The highest BCUT2D eigenvalue weighted by atomic mass is 19.1. The maximum atomic E-state index is 13.1. The second kappa shape index (κ2) is 8.13. The van der Waals surface area contributed by atoms with Gasteiger partial charge in [0.2, 0.25) is 5.91 Å². The van der Waals surface area contributed by atoms with Crippen molar-refractivity contribution >= 4 is 17.5 Å². The first kappa shape index (κ1) is 18.7. The van der Waals surface area contributed by atoms with Crippen molar-refractivity contribution in [2.24, 2.45) is 0 Å². The quantitative estimate of drug-likeness (QED) is 0.794. The summed E-state index contributed by atoms with van der Waals surface area (Å²) in [7, 11) is 0. The molecule has 2 aliphatic heterocycles. The topological polar surface area (TPSA) is 40.6 Å². The molecule has 0 aromatic heterocycles. The van der Waals surface area contributed by atoms with E-state index in [2.05, 4.69) is 0 Å². The van der Waals surface area contributed by atoms with E-state index in [9.17, 15) is 14.0 Å². The van der Waals surface area contributed by atoms with Gasteiger partial charge in [0.15, 0.2) is 0 Å². The van der Waals surface area contributed by atoms with Crippen LogP contribution in [0.4, 0.5) is 10.1 Å². The van der Waals surface area contributed by atoms with Crippen LogP contribution in [0.1, 0.15) is 53.9 Å². The van der Waals surface area contributed by atoms with Crippen molar-refractivity contribution in [3.05, 3.63) is 65.5 Å². The summed E-state index contributed by atoms with van der Waals surface area (Å²) in [5.41, 5.74) is 2.67. The summed E-state index contributed by atoms with van der Waals surface area (Å²) >= 11 is 0. The number of rotatable bonds is 3. The minimum absolute atomic E-state index is 0.0362. The molecule has 5 heteroatoms. The Morgan fingerprint density at radius 2 is 1.57 bits per heavy atom. The largest absolute Gasteiger partial charge is 0.339 e. The highest BCUT2D eigenvalue weighted by molar-refractivity contribution is 5.97. The Morgan fingerprint density at radius 1 is 0.893 bits per heavy atom. The first-order valence-electron chi connectivity index (χ1n) is 10.1. The van der Waals surface area contributed by atoms with Gasteiger partial charge in [0, 0.05) is 37.3 Å². The van der Waals surface area contributed by atoms with Gasteiger partial charge in [-0.15, -0.1) is 0 Å². The summed E-state index contributed by atoms with van der Waals surface area (Å²) < 4.78 is 13.1. The molecule has 0 saturated carbocycles. The summed E-state index contributed by atoms with van der Waals surface area (Å²) in [6.45, 7) is 2.16. The minimum Gasteiger partial charge on any atom is -0.339 e. The predicted molar refractivity (Wildman–Crippen MR) is 107 cm³/mol. The average Bonchev–Trinajstić information content (AvgIpc) is 2.74. The Morgan fingerprint density at radius 3 is 2.21 bits per heavy atom. The lowest BCUT2D eigenvalue weighted by Gasteiger charge is -2.32. The molecular weight excluding hydrogens is 355 g/mol. The summed E-state index contributed by atoms with van der Waals surface area (Å²) in [4.78, 5) is 28.6. The van der Waals surface area contributed by atoms with Crippen LogP contribution in [-0.4, -0.2) is 36.3 Å². The third-order valence-corrected chi connectivity index (χ3v) is 5.87. The number of carbonyl (C=O) groups is 2. The van der Waals surface area contributed by atoms with Crippen molar-refractivity contribution in [2.75, 3.05) is 24.5 Å². The Bertz CT molecular complexity index is 840. The molecule has 0 aliphatic carbocycles. The van der Waals surface area contributed by atoms with Gasteiger partial charge in [-0.2, -0.15) is 0 Å². The number of piperidine rings is 2. The lowest BCUT2D eigenvalue weighted by atomic mass is 9.89. The number of nitrogens with zero attached hydrogens (tertiary/aromatic N) is 2. The van der Waals surface area contributed by atoms with E-state index in [-0.39, 0.29) is 17.6 Å². The van der Waals surface area contributed by atoms with Crippen LogP contribution in [-0.2, 0) is 4.79 Å². The number of anilines is 1. The van der Waals surface area contributed by atoms with Gasteiger partial charge in [0.1, 0.15) is 5.82 Å². The summed E-state index contributed by atoms with van der Waals surface area (Å²) in [6, 6.07) is 14.1. The molecule has 4 rings (SSSR count). The first-order chi connectivity index (χ1) is 13.6. The highest BCUT2D eigenvalue weighted by Gasteiger charge is 2.25. The van der Waals surface area contributed by atoms with E-state index < -0.39 is 0 Å². The van der Waals surface area contributed by atoms with Crippen molar-refractivity contribution in [1.29, 1.82) is 0 Å². The lowest BCUT2D eigenvalue weighted by Crippen LogP contribution is -2.38. The standard InChI is InChI=1S/C23H25FN2O2/c24-20-8-4-17(5-9-20)18-12-15-25(16-13-18)23(28)19-6-10-21(11-7-19)26-14-2-1-3-22(26)27/h4-11,18H,1-3,12-16H2. The Kier molecular flexibility index (Phi) is 5.42. The van der Waals surface area contributed by atoms with Crippen LogP contribution in [0.15, 0.2) is 48.5 Å². The van der Waals surface area contributed by atoms with Gasteiger partial charge < -0.3 is 9.80 Å². The molecule has 2 heterocycles. The number of hydrogen-bond donors (Lipinski definition) is 0. The van der Waals surface area contributed by atoms with Gasteiger partial charge in [-0.1, -0.05) is 12.1 Å². The zero-order chi connectivity index (χ0) is 19.5. The molecule has 0 spiro atoms. The molecule has 0 unspecified atom stereocenters. The summed E-state index contributed by atoms with van der Waals surface area (Å²) in [5.74, 6) is 0.352. The van der Waals surface area contributed by atoms with Gasteiger partial charge >= 0.3 is 0 Å². The van der Waals surface area contributed by atoms with Crippen molar-refractivity contribution in [3.63, 3.8) is 0 Å². The summed E-state index contributed by atoms with van der Waals surface area (Å²) in [5, 5.41) is 0. The average molecular weight is 380 g/mol. The van der Waals surface area contributed by atoms with Crippen molar-refractivity contribution in [1.82, 2.24) is 4.90 Å². The van der Waals surface area contributed by atoms with E-state index >= 15 is 0 Å². The lowest BCUT2D eigenvalue weighted by molar-refractivity contribution is -0.119. The van der Waals surface area contributed by atoms with Crippen LogP contribution in [0.3, 0.4) is 0 Å². The second-order valence-corrected chi connectivity index (χ2v) is 7.67. The van der Waals surface area contributed by atoms with Crippen molar-refractivity contribution in [3.8, 4) is 0 Å². The number of likely N-dealkylation sites (tertiary alicyclic amines) is 1. The monoisotopic (exact) mass is 380 g/mol.